The van der Waals surface area contributed by atoms with Crippen molar-refractivity contribution < 1.29 is 37.2 Å². The van der Waals surface area contributed by atoms with E-state index in [2.05, 4.69) is 0 Å². The van der Waals surface area contributed by atoms with Crippen LogP contribution >= 0.6 is 35.0 Å². The molecule has 3 aromatic carbocycles. The summed E-state index contributed by atoms with van der Waals surface area (Å²) in [6.45, 7) is 1.70. The van der Waals surface area contributed by atoms with Crippen molar-refractivity contribution in [2.24, 2.45) is 0 Å². The first kappa shape index (κ1) is 29.2. The predicted octanol–water partition coefficient (Wildman–Crippen LogP) is 8.35. The lowest BCUT2D eigenvalue weighted by atomic mass is 10.1. The fraction of sp³-hybridized carbons (Fsp3) is 0.154. The molecule has 0 N–H and O–H groups in total. The summed E-state index contributed by atoms with van der Waals surface area (Å²) in [7, 11) is 0. The van der Waals surface area contributed by atoms with Gasteiger partial charge in [-0.3, -0.25) is 24.6 Å². The molecule has 0 aliphatic carbocycles. The number of hydrogen-bond donors (Lipinski definition) is 0. The highest BCUT2D eigenvalue weighted by atomic mass is 35.5. The summed E-state index contributed by atoms with van der Waals surface area (Å²) >= 11 is 13.1. The summed E-state index contributed by atoms with van der Waals surface area (Å²) in [6, 6.07) is 11.1. The van der Waals surface area contributed by atoms with E-state index in [-0.39, 0.29) is 29.6 Å². The van der Waals surface area contributed by atoms with Gasteiger partial charge >= 0.3 is 11.9 Å². The lowest BCUT2D eigenvalue weighted by Crippen LogP contribution is -2.27. The van der Waals surface area contributed by atoms with Gasteiger partial charge in [-0.1, -0.05) is 35.3 Å². The molecule has 208 valence electrons. The molecular formula is C26H17Cl2F3N2O6S. The number of carbonyl (C=O) groups is 2. The molecule has 0 radical (unpaired) electrons. The molecule has 14 heteroatoms. The number of nitrogens with zero attached hydrogens (tertiary/aromatic N) is 2. The van der Waals surface area contributed by atoms with E-state index in [0.29, 0.717) is 45.1 Å². The largest absolute Gasteiger partial charge is 0.490 e. The molecule has 1 heterocycles. The molecule has 0 aromatic heterocycles. The Labute approximate surface area is 239 Å². The van der Waals surface area contributed by atoms with Gasteiger partial charge in [-0.15, -0.1) is 0 Å². The molecule has 1 saturated heterocycles. The number of carbonyl (C=O) groups excluding carboxylic acids is 2. The standard InChI is InChI=1S/C26H17Cl2F3N2O6S/c1-2-38-22-10-14(6-8-21(22)39-20-9-7-15(26(29,30)31)12-19(20)33(36)37)11-23-24(34)32(25(35)40-23)13-16-17(27)4-3-5-18(16)28/h3-12H,2,13H2,1H3/b23-11+. The van der Waals surface area contributed by atoms with E-state index in [9.17, 15) is 32.9 Å². The van der Waals surface area contributed by atoms with Gasteiger partial charge in [0, 0.05) is 21.7 Å². The topological polar surface area (TPSA) is 99.0 Å². The third kappa shape index (κ3) is 6.35. The van der Waals surface area contributed by atoms with Crippen LogP contribution < -0.4 is 9.47 Å². The van der Waals surface area contributed by atoms with Crippen LogP contribution in [0.5, 0.6) is 17.2 Å². The minimum absolute atomic E-state index is 0.0108. The maximum absolute atomic E-state index is 13.0. The van der Waals surface area contributed by atoms with Crippen molar-refractivity contribution in [3.8, 4) is 17.2 Å². The van der Waals surface area contributed by atoms with Crippen LogP contribution in [0.2, 0.25) is 10.0 Å². The number of halogens is 5. The molecule has 0 spiro atoms. The van der Waals surface area contributed by atoms with Crippen molar-refractivity contribution in [1.82, 2.24) is 4.90 Å². The van der Waals surface area contributed by atoms with Crippen LogP contribution in [0.25, 0.3) is 6.08 Å². The average Bonchev–Trinajstić information content (AvgIpc) is 3.14. The molecule has 0 bridgehead atoms. The van der Waals surface area contributed by atoms with Crippen LogP contribution in [0.3, 0.4) is 0 Å². The van der Waals surface area contributed by atoms with E-state index in [1.807, 2.05) is 0 Å². The number of imide groups is 1. The van der Waals surface area contributed by atoms with Crippen LogP contribution in [-0.4, -0.2) is 27.6 Å². The van der Waals surface area contributed by atoms with E-state index in [1.54, 1.807) is 25.1 Å². The summed E-state index contributed by atoms with van der Waals surface area (Å²) in [6.07, 6.45) is -3.33. The molecule has 2 amide bonds. The molecule has 1 aliphatic rings. The summed E-state index contributed by atoms with van der Waals surface area (Å²) in [5.41, 5.74) is -1.22. The number of ether oxygens (including phenoxy) is 2. The molecule has 0 atom stereocenters. The second-order valence-electron chi connectivity index (χ2n) is 8.15. The van der Waals surface area contributed by atoms with E-state index >= 15 is 0 Å². The Kier molecular flexibility index (Phi) is 8.62. The van der Waals surface area contributed by atoms with Gasteiger partial charge in [0.25, 0.3) is 11.1 Å². The molecule has 0 saturated carbocycles. The van der Waals surface area contributed by atoms with Crippen LogP contribution in [0.1, 0.15) is 23.6 Å². The predicted molar refractivity (Wildman–Crippen MR) is 144 cm³/mol. The lowest BCUT2D eigenvalue weighted by molar-refractivity contribution is -0.385. The molecule has 0 unspecified atom stereocenters. The first-order valence-corrected chi connectivity index (χ1v) is 12.9. The average molecular weight is 613 g/mol. The van der Waals surface area contributed by atoms with Gasteiger partial charge in [-0.25, -0.2) is 0 Å². The Balaban J connectivity index is 1.61. The van der Waals surface area contributed by atoms with Crippen molar-refractivity contribution in [1.29, 1.82) is 0 Å². The summed E-state index contributed by atoms with van der Waals surface area (Å²) in [4.78, 5) is 37.1. The van der Waals surface area contributed by atoms with Gasteiger partial charge in [-0.2, -0.15) is 13.2 Å². The third-order valence-corrected chi connectivity index (χ3v) is 7.14. The van der Waals surface area contributed by atoms with Gasteiger partial charge in [0.15, 0.2) is 11.5 Å². The summed E-state index contributed by atoms with van der Waals surface area (Å²) < 4.78 is 50.2. The zero-order valence-electron chi connectivity index (χ0n) is 20.3. The van der Waals surface area contributed by atoms with Gasteiger partial charge < -0.3 is 9.47 Å². The number of nitro benzene ring substituents is 1. The third-order valence-electron chi connectivity index (χ3n) is 5.52. The SMILES string of the molecule is CCOc1cc(/C=C2/SC(=O)N(Cc3c(Cl)cccc3Cl)C2=O)ccc1Oc1ccc(C(F)(F)F)cc1[N+](=O)[O-]. The highest BCUT2D eigenvalue weighted by molar-refractivity contribution is 8.18. The number of rotatable bonds is 8. The minimum atomic E-state index is -4.78. The van der Waals surface area contributed by atoms with Crippen LogP contribution in [0.15, 0.2) is 59.5 Å². The Morgan fingerprint density at radius 2 is 1.70 bits per heavy atom. The number of alkyl halides is 3. The molecule has 1 aliphatic heterocycles. The number of benzene rings is 3. The van der Waals surface area contributed by atoms with E-state index < -0.39 is 39.2 Å². The van der Waals surface area contributed by atoms with Crippen molar-refractivity contribution in [2.45, 2.75) is 19.6 Å². The molecule has 3 aromatic rings. The fourth-order valence-electron chi connectivity index (χ4n) is 3.64. The first-order valence-electron chi connectivity index (χ1n) is 11.4. The van der Waals surface area contributed by atoms with Gasteiger partial charge in [0.1, 0.15) is 0 Å². The van der Waals surface area contributed by atoms with Gasteiger partial charge in [0.05, 0.1) is 28.5 Å². The molecule has 8 nitrogen and oxygen atoms in total. The van der Waals surface area contributed by atoms with E-state index in [0.717, 1.165) is 11.0 Å². The highest BCUT2D eigenvalue weighted by Gasteiger charge is 2.36. The minimum Gasteiger partial charge on any atom is -0.490 e. The van der Waals surface area contributed by atoms with Crippen molar-refractivity contribution in [3.63, 3.8) is 0 Å². The van der Waals surface area contributed by atoms with E-state index in [4.69, 9.17) is 32.7 Å². The maximum Gasteiger partial charge on any atom is 0.416 e. The quantitative estimate of drug-likeness (QED) is 0.143. The van der Waals surface area contributed by atoms with Gasteiger partial charge in [-0.05, 0) is 66.7 Å². The zero-order chi connectivity index (χ0) is 29.2. The smallest absolute Gasteiger partial charge is 0.416 e. The number of amides is 2. The molecule has 1 fully saturated rings. The lowest BCUT2D eigenvalue weighted by Gasteiger charge is -2.15. The highest BCUT2D eigenvalue weighted by Crippen LogP contribution is 2.41. The second-order valence-corrected chi connectivity index (χ2v) is 9.95. The molecular weight excluding hydrogens is 596 g/mol. The van der Waals surface area contributed by atoms with Crippen LogP contribution in [-0.2, 0) is 17.5 Å². The Morgan fingerprint density at radius 1 is 1.02 bits per heavy atom. The normalized spacial score (nSPS) is 14.7. The summed E-state index contributed by atoms with van der Waals surface area (Å²) in [5, 5.41) is 11.5. The van der Waals surface area contributed by atoms with Crippen LogP contribution in [0, 0.1) is 10.1 Å². The zero-order valence-corrected chi connectivity index (χ0v) is 22.7. The summed E-state index contributed by atoms with van der Waals surface area (Å²) in [5.74, 6) is -0.897. The Hall–Kier alpha value is -3.74. The Bertz CT molecular complexity index is 1530. The van der Waals surface area contributed by atoms with Crippen molar-refractivity contribution in [3.05, 3.63) is 96.4 Å². The second kappa shape index (κ2) is 11.8. The fourth-order valence-corrected chi connectivity index (χ4v) is 4.99. The van der Waals surface area contributed by atoms with Crippen molar-refractivity contribution >= 4 is 57.9 Å². The first-order chi connectivity index (χ1) is 18.9. The van der Waals surface area contributed by atoms with Crippen molar-refractivity contribution in [2.75, 3.05) is 6.61 Å². The van der Waals surface area contributed by atoms with Gasteiger partial charge in [0.2, 0.25) is 5.75 Å². The Morgan fingerprint density at radius 3 is 2.33 bits per heavy atom. The number of nitro groups is 1. The molecule has 40 heavy (non-hydrogen) atoms. The molecule has 4 rings (SSSR count). The van der Waals surface area contributed by atoms with E-state index in [1.165, 1.54) is 24.3 Å². The maximum atomic E-state index is 13.0. The number of thioether (sulfide) groups is 1. The van der Waals surface area contributed by atoms with Crippen LogP contribution in [0.4, 0.5) is 23.7 Å². The monoisotopic (exact) mass is 612 g/mol. The number of hydrogen-bond acceptors (Lipinski definition) is 7.